The van der Waals surface area contributed by atoms with Crippen molar-refractivity contribution in [3.63, 3.8) is 0 Å². The molecule has 0 bridgehead atoms. The summed E-state index contributed by atoms with van der Waals surface area (Å²) in [5, 5.41) is 15.4. The van der Waals surface area contributed by atoms with Crippen molar-refractivity contribution >= 4 is 27.3 Å². The molecular formula is C15H10F3N2O3S-. The summed E-state index contributed by atoms with van der Waals surface area (Å²) in [5.74, 6) is -2.61. The molecular weight excluding hydrogens is 345 g/mol. The van der Waals surface area contributed by atoms with Crippen molar-refractivity contribution in [2.24, 2.45) is 4.40 Å². The minimum absolute atomic E-state index is 0.363. The van der Waals surface area contributed by atoms with Crippen molar-refractivity contribution in [3.8, 4) is 0 Å². The minimum Gasteiger partial charge on any atom is -0.860 e. The second-order valence-corrected chi connectivity index (χ2v) is 6.68. The molecule has 0 amide bonds. The first-order valence-corrected chi connectivity index (χ1v) is 8.18. The van der Waals surface area contributed by atoms with Crippen molar-refractivity contribution in [2.75, 3.05) is 5.32 Å². The lowest BCUT2D eigenvalue weighted by atomic mass is 9.86. The summed E-state index contributed by atoms with van der Waals surface area (Å²) in [6.45, 7) is 0. The van der Waals surface area contributed by atoms with E-state index in [1.54, 1.807) is 36.4 Å². The van der Waals surface area contributed by atoms with Crippen molar-refractivity contribution in [1.82, 2.24) is 0 Å². The predicted octanol–water partition coefficient (Wildman–Crippen LogP) is 2.48. The van der Waals surface area contributed by atoms with Crippen LogP contribution in [0, 0.1) is 0 Å². The average Bonchev–Trinajstić information content (AvgIpc) is 2.50. The average molecular weight is 355 g/mol. The normalized spacial score (nSPS) is 15.4. The van der Waals surface area contributed by atoms with Gasteiger partial charge in [0.25, 0.3) is 0 Å². The molecule has 126 valence electrons. The molecule has 1 aliphatic rings. The highest BCUT2D eigenvalue weighted by Crippen LogP contribution is 2.41. The molecule has 1 heterocycles. The maximum atomic E-state index is 12.5. The van der Waals surface area contributed by atoms with E-state index in [1.807, 2.05) is 0 Å². The number of nitrogens with zero attached hydrogens (tertiary/aromatic N) is 1. The maximum absolute atomic E-state index is 12.5. The number of rotatable bonds is 2. The lowest BCUT2D eigenvalue weighted by Gasteiger charge is -2.32. The van der Waals surface area contributed by atoms with Crippen LogP contribution in [0.5, 0.6) is 0 Å². The van der Waals surface area contributed by atoms with Gasteiger partial charge in [0.05, 0.1) is 0 Å². The highest BCUT2D eigenvalue weighted by Gasteiger charge is 2.46. The van der Waals surface area contributed by atoms with Gasteiger partial charge in [0.1, 0.15) is 0 Å². The van der Waals surface area contributed by atoms with E-state index < -0.39 is 27.3 Å². The molecule has 0 unspecified atom stereocenters. The lowest BCUT2D eigenvalue weighted by Crippen LogP contribution is -2.33. The van der Waals surface area contributed by atoms with Crippen molar-refractivity contribution < 1.29 is 26.7 Å². The Morgan fingerprint density at radius 2 is 1.46 bits per heavy atom. The number of alkyl halides is 3. The molecule has 2 aromatic carbocycles. The van der Waals surface area contributed by atoms with Gasteiger partial charge < -0.3 is 10.4 Å². The smallest absolute Gasteiger partial charge is 0.518 e. The molecule has 0 saturated carbocycles. The van der Waals surface area contributed by atoms with Gasteiger partial charge in [0.15, 0.2) is 0 Å². The van der Waals surface area contributed by atoms with E-state index in [0.717, 1.165) is 0 Å². The molecule has 0 spiro atoms. The van der Waals surface area contributed by atoms with Gasteiger partial charge in [-0.3, -0.25) is 0 Å². The zero-order valence-corrected chi connectivity index (χ0v) is 12.7. The predicted molar refractivity (Wildman–Crippen MR) is 80.4 cm³/mol. The van der Waals surface area contributed by atoms with Crippen LogP contribution in [0.1, 0.15) is 17.0 Å². The Hall–Kier alpha value is -2.55. The first kappa shape index (κ1) is 16.3. The number of nitrogens with one attached hydrogen (secondary N) is 1. The van der Waals surface area contributed by atoms with E-state index in [0.29, 0.717) is 22.5 Å². The lowest BCUT2D eigenvalue weighted by molar-refractivity contribution is -0.219. The number of anilines is 2. The number of sulfonamides is 1. The second kappa shape index (κ2) is 5.52. The van der Waals surface area contributed by atoms with Gasteiger partial charge in [-0.2, -0.15) is 26.0 Å². The zero-order valence-electron chi connectivity index (χ0n) is 11.9. The van der Waals surface area contributed by atoms with Gasteiger partial charge in [-0.05, 0) is 29.2 Å². The van der Waals surface area contributed by atoms with Gasteiger partial charge in [0.2, 0.25) is 0 Å². The third-order valence-corrected chi connectivity index (χ3v) is 4.57. The molecule has 5 nitrogen and oxygen atoms in total. The third kappa shape index (κ3) is 2.71. The van der Waals surface area contributed by atoms with Crippen LogP contribution >= 0.6 is 0 Å². The molecule has 0 aromatic heterocycles. The number of halogens is 3. The standard InChI is InChI=1S/C15H11F3N2O3S/c16-15(17,18)24(22,23)20-14(21)13-9-5-1-3-7-11(9)19-12-8-4-2-6-10(12)13/h1-8,13,19H,(H,20,21)/p-1. The van der Waals surface area contributed by atoms with Gasteiger partial charge in [-0.15, -0.1) is 0 Å². The molecule has 3 rings (SSSR count). The Morgan fingerprint density at radius 3 is 1.92 bits per heavy atom. The number of para-hydroxylation sites is 2. The van der Waals surface area contributed by atoms with Gasteiger partial charge >= 0.3 is 15.5 Å². The monoisotopic (exact) mass is 355 g/mol. The Balaban J connectivity index is 2.18. The minimum atomic E-state index is -5.90. The first-order valence-electron chi connectivity index (χ1n) is 6.74. The quantitative estimate of drug-likeness (QED) is 0.663. The van der Waals surface area contributed by atoms with Crippen LogP contribution in [0.2, 0.25) is 0 Å². The second-order valence-electron chi connectivity index (χ2n) is 5.08. The van der Waals surface area contributed by atoms with Gasteiger partial charge in [-0.1, -0.05) is 36.4 Å². The van der Waals surface area contributed by atoms with Crippen molar-refractivity contribution in [1.29, 1.82) is 0 Å². The fraction of sp³-hybridized carbons (Fsp3) is 0.133. The summed E-state index contributed by atoms with van der Waals surface area (Å²) in [6, 6.07) is 12.9. The molecule has 0 aliphatic carbocycles. The molecule has 1 N–H and O–H groups in total. The molecule has 9 heteroatoms. The van der Waals surface area contributed by atoms with Crippen LogP contribution in [0.3, 0.4) is 0 Å². The summed E-state index contributed by atoms with van der Waals surface area (Å²) in [5.41, 5.74) is -3.87. The van der Waals surface area contributed by atoms with E-state index in [9.17, 15) is 26.7 Å². The van der Waals surface area contributed by atoms with Crippen LogP contribution in [-0.2, 0) is 10.0 Å². The molecule has 0 radical (unpaired) electrons. The van der Waals surface area contributed by atoms with Crippen LogP contribution in [-0.4, -0.2) is 19.8 Å². The fourth-order valence-corrected chi connectivity index (χ4v) is 2.97. The first-order chi connectivity index (χ1) is 11.2. The Morgan fingerprint density at radius 1 is 1.00 bits per heavy atom. The van der Waals surface area contributed by atoms with Crippen molar-refractivity contribution in [3.05, 3.63) is 59.7 Å². The molecule has 0 fully saturated rings. The largest absolute Gasteiger partial charge is 0.860 e. The van der Waals surface area contributed by atoms with Crippen LogP contribution in [0.4, 0.5) is 24.5 Å². The van der Waals surface area contributed by atoms with E-state index in [4.69, 9.17) is 0 Å². The van der Waals surface area contributed by atoms with E-state index in [2.05, 4.69) is 9.71 Å². The number of hydrogen-bond donors (Lipinski definition) is 1. The summed E-state index contributed by atoms with van der Waals surface area (Å²) >= 11 is 0. The van der Waals surface area contributed by atoms with E-state index in [-0.39, 0.29) is 0 Å². The van der Waals surface area contributed by atoms with E-state index >= 15 is 0 Å². The Labute approximate surface area is 135 Å². The summed E-state index contributed by atoms with van der Waals surface area (Å²) in [7, 11) is -5.90. The van der Waals surface area contributed by atoms with Crippen molar-refractivity contribution in [2.45, 2.75) is 11.4 Å². The summed E-state index contributed by atoms with van der Waals surface area (Å²) in [6.07, 6.45) is 0. The third-order valence-electron chi connectivity index (χ3n) is 3.56. The summed E-state index contributed by atoms with van der Waals surface area (Å²) in [4.78, 5) is 0. The van der Waals surface area contributed by atoms with Crippen LogP contribution in [0.15, 0.2) is 52.9 Å². The topological polar surface area (TPSA) is 81.6 Å². The summed E-state index contributed by atoms with van der Waals surface area (Å²) < 4.78 is 62.4. The molecule has 1 aliphatic heterocycles. The number of benzene rings is 2. The highest BCUT2D eigenvalue weighted by molar-refractivity contribution is 7.91. The number of fused-ring (bicyclic) bond motifs is 2. The highest BCUT2D eigenvalue weighted by atomic mass is 32.2. The molecule has 0 saturated heterocycles. The fourth-order valence-electron chi connectivity index (χ4n) is 2.53. The molecule has 0 atom stereocenters. The van der Waals surface area contributed by atoms with Gasteiger partial charge in [0, 0.05) is 17.3 Å². The van der Waals surface area contributed by atoms with Crippen LogP contribution < -0.4 is 10.4 Å². The van der Waals surface area contributed by atoms with E-state index in [1.165, 1.54) is 12.1 Å². The molecule has 24 heavy (non-hydrogen) atoms. The zero-order chi connectivity index (χ0) is 17.5. The number of hydrogen-bond acceptors (Lipinski definition) is 4. The SMILES string of the molecule is O=S(=O)(/N=C(\[O-])C1c2ccccc2Nc2ccccc21)C(F)(F)F. The Kier molecular flexibility index (Phi) is 3.75. The van der Waals surface area contributed by atoms with Crippen LogP contribution in [0.25, 0.3) is 0 Å². The van der Waals surface area contributed by atoms with Gasteiger partial charge in [-0.25, -0.2) is 0 Å². The maximum Gasteiger partial charge on any atom is 0.518 e. The Bertz CT molecular complexity index is 878. The molecule has 2 aromatic rings.